The molecule has 11 heavy (non-hydrogen) atoms. The predicted molar refractivity (Wildman–Crippen MR) is 41.6 cm³/mol. The minimum absolute atomic E-state index is 0.136. The van der Waals surface area contributed by atoms with Crippen LogP contribution in [0.15, 0.2) is 23.1 Å². The Morgan fingerprint density at radius 2 is 2.09 bits per heavy atom. The van der Waals surface area contributed by atoms with Crippen LogP contribution in [-0.4, -0.2) is 13.9 Å². The van der Waals surface area contributed by atoms with Crippen molar-refractivity contribution in [2.24, 2.45) is 0 Å². The lowest BCUT2D eigenvalue weighted by Crippen LogP contribution is -1.90. The Kier molecular flexibility index (Phi) is 2.11. The van der Waals surface area contributed by atoms with E-state index in [4.69, 9.17) is 15.4 Å². The van der Waals surface area contributed by atoms with Crippen LogP contribution in [0.25, 0.3) is 0 Å². The third-order valence-corrected chi connectivity index (χ3v) is 1.86. The summed E-state index contributed by atoms with van der Waals surface area (Å²) in [6.07, 6.45) is 0. The van der Waals surface area contributed by atoms with Crippen molar-refractivity contribution in [3.05, 3.63) is 18.2 Å². The third-order valence-electron chi connectivity index (χ3n) is 1.20. The largest absolute Gasteiger partial charge is 0.506 e. The van der Waals surface area contributed by atoms with Gasteiger partial charge in [-0.15, -0.1) is 0 Å². The van der Waals surface area contributed by atoms with E-state index in [1.807, 2.05) is 0 Å². The first kappa shape index (κ1) is 8.03. The van der Waals surface area contributed by atoms with E-state index in [1.165, 1.54) is 12.1 Å². The standard InChI is InChI=1S/C6H7NO3S/c7-5-2-1-4(11(9)10)3-6(5)8/h1-3,8H,7H2,(H,9,10). The van der Waals surface area contributed by atoms with Gasteiger partial charge in [-0.3, -0.25) is 0 Å². The van der Waals surface area contributed by atoms with Crippen LogP contribution < -0.4 is 5.73 Å². The van der Waals surface area contributed by atoms with Crippen LogP contribution >= 0.6 is 0 Å². The number of nitrogens with two attached hydrogens (primary N) is 1. The van der Waals surface area contributed by atoms with Crippen molar-refractivity contribution in [2.45, 2.75) is 4.90 Å². The quantitative estimate of drug-likeness (QED) is 0.329. The molecular weight excluding hydrogens is 166 g/mol. The lowest BCUT2D eigenvalue weighted by molar-refractivity contribution is 0.475. The van der Waals surface area contributed by atoms with Crippen molar-refractivity contribution in [1.29, 1.82) is 0 Å². The van der Waals surface area contributed by atoms with E-state index in [2.05, 4.69) is 0 Å². The van der Waals surface area contributed by atoms with Crippen LogP contribution in [0.2, 0.25) is 0 Å². The molecule has 5 heteroatoms. The van der Waals surface area contributed by atoms with Gasteiger partial charge in [-0.25, -0.2) is 4.21 Å². The minimum Gasteiger partial charge on any atom is -0.506 e. The smallest absolute Gasteiger partial charge is 0.186 e. The zero-order valence-electron chi connectivity index (χ0n) is 5.52. The molecule has 1 atom stereocenters. The molecule has 0 aliphatic rings. The topological polar surface area (TPSA) is 83.6 Å². The maximum atomic E-state index is 10.4. The molecule has 0 spiro atoms. The molecule has 60 valence electrons. The van der Waals surface area contributed by atoms with E-state index in [0.29, 0.717) is 0 Å². The maximum Gasteiger partial charge on any atom is 0.186 e. The van der Waals surface area contributed by atoms with Gasteiger partial charge in [-0.1, -0.05) is 0 Å². The molecular formula is C6H7NO3S. The van der Waals surface area contributed by atoms with Crippen LogP contribution in [0.5, 0.6) is 5.75 Å². The van der Waals surface area contributed by atoms with E-state index < -0.39 is 11.1 Å². The summed E-state index contributed by atoms with van der Waals surface area (Å²) in [5.74, 6) is -0.176. The third kappa shape index (κ3) is 1.69. The van der Waals surface area contributed by atoms with Crippen LogP contribution in [-0.2, 0) is 11.1 Å². The Labute approximate surface area is 65.9 Å². The summed E-state index contributed by atoms with van der Waals surface area (Å²) in [4.78, 5) is 0.136. The van der Waals surface area contributed by atoms with Crippen molar-refractivity contribution in [2.75, 3.05) is 5.73 Å². The number of hydrogen-bond acceptors (Lipinski definition) is 3. The molecule has 1 aromatic carbocycles. The molecule has 0 heterocycles. The number of nitrogen functional groups attached to an aromatic ring is 1. The molecule has 4 nitrogen and oxygen atoms in total. The summed E-state index contributed by atoms with van der Waals surface area (Å²) >= 11 is -2.06. The van der Waals surface area contributed by atoms with Gasteiger partial charge >= 0.3 is 0 Å². The van der Waals surface area contributed by atoms with Crippen molar-refractivity contribution in [3.8, 4) is 5.75 Å². The summed E-state index contributed by atoms with van der Waals surface area (Å²) in [7, 11) is 0. The normalized spacial score (nSPS) is 12.8. The van der Waals surface area contributed by atoms with Gasteiger partial charge in [0.1, 0.15) is 5.75 Å². The Morgan fingerprint density at radius 3 is 2.55 bits per heavy atom. The van der Waals surface area contributed by atoms with Gasteiger partial charge in [0.2, 0.25) is 0 Å². The number of phenols is 1. The molecule has 0 saturated heterocycles. The Morgan fingerprint density at radius 1 is 1.45 bits per heavy atom. The first-order chi connectivity index (χ1) is 5.11. The average molecular weight is 173 g/mol. The highest BCUT2D eigenvalue weighted by Crippen LogP contribution is 2.21. The molecule has 0 aromatic heterocycles. The van der Waals surface area contributed by atoms with Crippen molar-refractivity contribution in [1.82, 2.24) is 0 Å². The minimum atomic E-state index is -2.06. The molecule has 0 aliphatic heterocycles. The summed E-state index contributed by atoms with van der Waals surface area (Å²) in [6.45, 7) is 0. The van der Waals surface area contributed by atoms with Gasteiger partial charge in [0.05, 0.1) is 10.6 Å². The van der Waals surface area contributed by atoms with Crippen LogP contribution in [0.4, 0.5) is 5.69 Å². The fourth-order valence-electron chi connectivity index (χ4n) is 0.632. The Hall–Kier alpha value is -1.07. The van der Waals surface area contributed by atoms with Gasteiger partial charge in [0, 0.05) is 6.07 Å². The van der Waals surface area contributed by atoms with Gasteiger partial charge in [-0.2, -0.15) is 0 Å². The lowest BCUT2D eigenvalue weighted by Gasteiger charge is -1.98. The van der Waals surface area contributed by atoms with E-state index in [1.54, 1.807) is 0 Å². The van der Waals surface area contributed by atoms with Crippen LogP contribution in [0.3, 0.4) is 0 Å². The highest BCUT2D eigenvalue weighted by Gasteiger charge is 2.02. The average Bonchev–Trinajstić information content (AvgIpc) is 1.94. The second-order valence-corrected chi connectivity index (χ2v) is 2.94. The van der Waals surface area contributed by atoms with Crippen LogP contribution in [0, 0.1) is 0 Å². The highest BCUT2D eigenvalue weighted by atomic mass is 32.2. The van der Waals surface area contributed by atoms with Gasteiger partial charge in [0.25, 0.3) is 0 Å². The number of anilines is 1. The van der Waals surface area contributed by atoms with E-state index in [9.17, 15) is 4.21 Å². The first-order valence-electron chi connectivity index (χ1n) is 2.80. The van der Waals surface area contributed by atoms with Crippen LogP contribution in [0.1, 0.15) is 0 Å². The molecule has 1 unspecified atom stereocenters. The predicted octanol–water partition coefficient (Wildman–Crippen LogP) is 0.555. The van der Waals surface area contributed by atoms with E-state index in [0.717, 1.165) is 6.07 Å². The zero-order valence-corrected chi connectivity index (χ0v) is 6.34. The SMILES string of the molecule is Nc1ccc(S(=O)O)cc1O. The molecule has 0 amide bonds. The number of aromatic hydroxyl groups is 1. The maximum absolute atomic E-state index is 10.4. The molecule has 0 bridgehead atoms. The second-order valence-electron chi connectivity index (χ2n) is 1.97. The Balaban J connectivity index is 3.15. The van der Waals surface area contributed by atoms with Gasteiger partial charge < -0.3 is 15.4 Å². The summed E-state index contributed by atoms with van der Waals surface area (Å²) in [5, 5.41) is 8.98. The van der Waals surface area contributed by atoms with Gasteiger partial charge in [-0.05, 0) is 12.1 Å². The molecule has 0 fully saturated rings. The number of rotatable bonds is 1. The first-order valence-corrected chi connectivity index (χ1v) is 3.91. The highest BCUT2D eigenvalue weighted by molar-refractivity contribution is 7.79. The molecule has 0 radical (unpaired) electrons. The summed E-state index contributed by atoms with van der Waals surface area (Å²) in [6, 6.07) is 3.91. The van der Waals surface area contributed by atoms with Gasteiger partial charge in [0.15, 0.2) is 11.1 Å². The molecule has 4 N–H and O–H groups in total. The summed E-state index contributed by atoms with van der Waals surface area (Å²) in [5.41, 5.74) is 5.45. The van der Waals surface area contributed by atoms with Crippen molar-refractivity contribution < 1.29 is 13.9 Å². The molecule has 0 saturated carbocycles. The molecule has 1 rings (SSSR count). The lowest BCUT2D eigenvalue weighted by atomic mass is 10.3. The monoisotopic (exact) mass is 173 g/mol. The fourth-order valence-corrected chi connectivity index (χ4v) is 1.03. The van der Waals surface area contributed by atoms with E-state index >= 15 is 0 Å². The Bertz CT molecular complexity index is 300. The fraction of sp³-hybridized carbons (Fsp3) is 0. The van der Waals surface area contributed by atoms with E-state index in [-0.39, 0.29) is 16.3 Å². The molecule has 1 aromatic rings. The van der Waals surface area contributed by atoms with Crippen molar-refractivity contribution >= 4 is 16.8 Å². The number of hydrogen-bond donors (Lipinski definition) is 3. The van der Waals surface area contributed by atoms with Crippen molar-refractivity contribution in [3.63, 3.8) is 0 Å². The number of benzene rings is 1. The second kappa shape index (κ2) is 2.89. The zero-order chi connectivity index (χ0) is 8.43. The summed E-state index contributed by atoms with van der Waals surface area (Å²) < 4.78 is 19.0. The molecule has 0 aliphatic carbocycles. The number of phenolic OH excluding ortho intramolecular Hbond substituents is 1.